The van der Waals surface area contributed by atoms with Gasteiger partial charge in [-0.15, -0.1) is 0 Å². The predicted octanol–water partition coefficient (Wildman–Crippen LogP) is 1.41. The summed E-state index contributed by atoms with van der Waals surface area (Å²) < 4.78 is 0. The molecule has 15 heavy (non-hydrogen) atoms. The quantitative estimate of drug-likeness (QED) is 0.696. The van der Waals surface area contributed by atoms with Crippen molar-refractivity contribution in [3.8, 4) is 0 Å². The number of piperidine rings is 1. The van der Waals surface area contributed by atoms with Gasteiger partial charge in [-0.2, -0.15) is 0 Å². The Balaban J connectivity index is 2.41. The summed E-state index contributed by atoms with van der Waals surface area (Å²) in [7, 11) is 0. The third kappa shape index (κ3) is 4.04. The van der Waals surface area contributed by atoms with Gasteiger partial charge in [0.1, 0.15) is 0 Å². The van der Waals surface area contributed by atoms with Gasteiger partial charge in [-0.05, 0) is 44.3 Å². The molecule has 1 amide bonds. The normalized spacial score (nSPS) is 17.4. The van der Waals surface area contributed by atoms with Gasteiger partial charge in [0.2, 0.25) is 5.91 Å². The standard InChI is InChI=1S/C12H22N2O/c1-3-9-14(12(15)4-2)10-11-5-7-13-8-6-11/h4,11,13H,2-3,5-10H2,1H3. The summed E-state index contributed by atoms with van der Waals surface area (Å²) in [6, 6.07) is 0. The minimum atomic E-state index is 0.0791. The van der Waals surface area contributed by atoms with Crippen molar-refractivity contribution < 1.29 is 4.79 Å². The number of carbonyl (C=O) groups excluding carboxylic acids is 1. The van der Waals surface area contributed by atoms with Gasteiger partial charge in [-0.3, -0.25) is 4.79 Å². The first-order valence-electron chi connectivity index (χ1n) is 5.90. The SMILES string of the molecule is C=CC(=O)N(CCC)CC1CCNCC1. The van der Waals surface area contributed by atoms with E-state index in [-0.39, 0.29) is 5.91 Å². The second-order valence-electron chi connectivity index (χ2n) is 4.18. The van der Waals surface area contributed by atoms with Crippen molar-refractivity contribution in [2.75, 3.05) is 26.2 Å². The van der Waals surface area contributed by atoms with Crippen LogP contribution in [0.15, 0.2) is 12.7 Å². The molecule has 1 heterocycles. The van der Waals surface area contributed by atoms with Gasteiger partial charge in [-0.25, -0.2) is 0 Å². The van der Waals surface area contributed by atoms with E-state index in [1.165, 1.54) is 18.9 Å². The first kappa shape index (κ1) is 12.2. The fraction of sp³-hybridized carbons (Fsp3) is 0.750. The Morgan fingerprint density at radius 3 is 2.73 bits per heavy atom. The number of nitrogens with zero attached hydrogens (tertiary/aromatic N) is 1. The first-order valence-corrected chi connectivity index (χ1v) is 5.90. The highest BCUT2D eigenvalue weighted by atomic mass is 16.2. The number of hydrogen-bond acceptors (Lipinski definition) is 2. The number of amides is 1. The van der Waals surface area contributed by atoms with Crippen LogP contribution in [0.2, 0.25) is 0 Å². The van der Waals surface area contributed by atoms with E-state index in [9.17, 15) is 4.79 Å². The second-order valence-corrected chi connectivity index (χ2v) is 4.18. The van der Waals surface area contributed by atoms with E-state index in [0.29, 0.717) is 5.92 Å². The zero-order valence-electron chi connectivity index (χ0n) is 9.67. The van der Waals surface area contributed by atoms with E-state index in [1.54, 1.807) is 0 Å². The molecule has 3 heteroatoms. The molecule has 1 saturated heterocycles. The zero-order valence-corrected chi connectivity index (χ0v) is 9.67. The lowest BCUT2D eigenvalue weighted by Crippen LogP contribution is -2.39. The van der Waals surface area contributed by atoms with E-state index in [4.69, 9.17) is 0 Å². The van der Waals surface area contributed by atoms with Crippen molar-refractivity contribution >= 4 is 5.91 Å². The van der Waals surface area contributed by atoms with E-state index in [1.807, 2.05) is 4.90 Å². The Bertz CT molecular complexity index is 210. The summed E-state index contributed by atoms with van der Waals surface area (Å²) in [4.78, 5) is 13.5. The van der Waals surface area contributed by atoms with E-state index in [0.717, 1.165) is 32.6 Å². The summed E-state index contributed by atoms with van der Waals surface area (Å²) in [5, 5.41) is 3.34. The van der Waals surface area contributed by atoms with Crippen LogP contribution in [-0.4, -0.2) is 37.0 Å². The molecule has 0 aromatic rings. The summed E-state index contributed by atoms with van der Waals surface area (Å²) in [5.41, 5.74) is 0. The monoisotopic (exact) mass is 210 g/mol. The fourth-order valence-corrected chi connectivity index (χ4v) is 2.07. The molecule has 0 saturated carbocycles. The van der Waals surface area contributed by atoms with Crippen LogP contribution in [0.25, 0.3) is 0 Å². The summed E-state index contributed by atoms with van der Waals surface area (Å²) >= 11 is 0. The molecule has 0 bridgehead atoms. The molecule has 3 nitrogen and oxygen atoms in total. The van der Waals surface area contributed by atoms with E-state index >= 15 is 0 Å². The highest BCUT2D eigenvalue weighted by Gasteiger charge is 2.18. The minimum absolute atomic E-state index is 0.0791. The molecule has 0 radical (unpaired) electrons. The highest BCUT2D eigenvalue weighted by molar-refractivity contribution is 5.86. The van der Waals surface area contributed by atoms with Crippen molar-refractivity contribution in [2.45, 2.75) is 26.2 Å². The average Bonchev–Trinajstić information content (AvgIpc) is 2.29. The summed E-state index contributed by atoms with van der Waals surface area (Å²) in [6.07, 6.45) is 4.82. The van der Waals surface area contributed by atoms with Crippen LogP contribution in [0.3, 0.4) is 0 Å². The average molecular weight is 210 g/mol. The van der Waals surface area contributed by atoms with E-state index in [2.05, 4.69) is 18.8 Å². The molecular weight excluding hydrogens is 188 g/mol. The molecule has 1 aliphatic rings. The largest absolute Gasteiger partial charge is 0.339 e. The van der Waals surface area contributed by atoms with Crippen molar-refractivity contribution in [3.05, 3.63) is 12.7 Å². The molecule has 1 N–H and O–H groups in total. The Labute approximate surface area is 92.5 Å². The van der Waals surface area contributed by atoms with Gasteiger partial charge in [0.05, 0.1) is 0 Å². The Kier molecular flexibility index (Phi) is 5.40. The summed E-state index contributed by atoms with van der Waals surface area (Å²) in [5.74, 6) is 0.747. The summed E-state index contributed by atoms with van der Waals surface area (Å²) in [6.45, 7) is 9.60. The molecule has 0 aromatic heterocycles. The van der Waals surface area contributed by atoms with Crippen LogP contribution in [-0.2, 0) is 4.79 Å². The Morgan fingerprint density at radius 1 is 1.53 bits per heavy atom. The third-order valence-electron chi connectivity index (χ3n) is 2.92. The molecule has 0 atom stereocenters. The number of rotatable bonds is 5. The maximum Gasteiger partial charge on any atom is 0.245 e. The van der Waals surface area contributed by atoms with Gasteiger partial charge < -0.3 is 10.2 Å². The lowest BCUT2D eigenvalue weighted by molar-refractivity contribution is -0.126. The van der Waals surface area contributed by atoms with Crippen LogP contribution in [0.4, 0.5) is 0 Å². The highest BCUT2D eigenvalue weighted by Crippen LogP contribution is 2.13. The van der Waals surface area contributed by atoms with Crippen LogP contribution in [0.5, 0.6) is 0 Å². The fourth-order valence-electron chi connectivity index (χ4n) is 2.07. The predicted molar refractivity (Wildman–Crippen MR) is 62.7 cm³/mol. The molecule has 0 unspecified atom stereocenters. The number of nitrogens with one attached hydrogen (secondary N) is 1. The Morgan fingerprint density at radius 2 is 2.20 bits per heavy atom. The van der Waals surface area contributed by atoms with Crippen molar-refractivity contribution in [2.24, 2.45) is 5.92 Å². The maximum atomic E-state index is 11.6. The molecule has 0 aliphatic carbocycles. The topological polar surface area (TPSA) is 32.3 Å². The molecule has 0 spiro atoms. The van der Waals surface area contributed by atoms with Crippen LogP contribution >= 0.6 is 0 Å². The third-order valence-corrected chi connectivity index (χ3v) is 2.92. The van der Waals surface area contributed by atoms with Gasteiger partial charge in [-0.1, -0.05) is 13.5 Å². The van der Waals surface area contributed by atoms with Crippen molar-refractivity contribution in [3.63, 3.8) is 0 Å². The van der Waals surface area contributed by atoms with Crippen LogP contribution in [0.1, 0.15) is 26.2 Å². The maximum absolute atomic E-state index is 11.6. The zero-order chi connectivity index (χ0) is 11.1. The van der Waals surface area contributed by atoms with Crippen LogP contribution in [0, 0.1) is 5.92 Å². The van der Waals surface area contributed by atoms with Gasteiger partial charge in [0.15, 0.2) is 0 Å². The molecular formula is C12H22N2O. The molecule has 1 rings (SSSR count). The lowest BCUT2D eigenvalue weighted by Gasteiger charge is -2.29. The minimum Gasteiger partial charge on any atom is -0.339 e. The smallest absolute Gasteiger partial charge is 0.245 e. The lowest BCUT2D eigenvalue weighted by atomic mass is 9.97. The number of hydrogen-bond donors (Lipinski definition) is 1. The van der Waals surface area contributed by atoms with Crippen LogP contribution < -0.4 is 5.32 Å². The van der Waals surface area contributed by atoms with Gasteiger partial charge >= 0.3 is 0 Å². The molecule has 1 fully saturated rings. The van der Waals surface area contributed by atoms with Gasteiger partial charge in [0, 0.05) is 13.1 Å². The number of carbonyl (C=O) groups is 1. The Hall–Kier alpha value is -0.830. The first-order chi connectivity index (χ1) is 7.27. The molecule has 1 aliphatic heterocycles. The van der Waals surface area contributed by atoms with Gasteiger partial charge in [0.25, 0.3) is 0 Å². The van der Waals surface area contributed by atoms with Crippen molar-refractivity contribution in [1.29, 1.82) is 0 Å². The molecule has 0 aromatic carbocycles. The van der Waals surface area contributed by atoms with E-state index < -0.39 is 0 Å². The molecule has 86 valence electrons. The van der Waals surface area contributed by atoms with Crippen molar-refractivity contribution in [1.82, 2.24) is 10.2 Å². The second kappa shape index (κ2) is 6.62.